The van der Waals surface area contributed by atoms with Crippen molar-refractivity contribution >= 4 is 37.2 Å². The smallest absolute Gasteiger partial charge is 0.187 e. The largest absolute Gasteiger partial charge is 0.238 e. The molecule has 0 aliphatic heterocycles. The van der Waals surface area contributed by atoms with Crippen molar-refractivity contribution in [3.63, 3.8) is 0 Å². The van der Waals surface area contributed by atoms with Crippen LogP contribution in [0.15, 0.2) is 170 Å². The minimum atomic E-state index is 0.619. The van der Waals surface area contributed by atoms with Crippen LogP contribution >= 0.6 is 11.3 Å². The van der Waals surface area contributed by atoms with Gasteiger partial charge in [0.2, 0.25) is 0 Å². The summed E-state index contributed by atoms with van der Waals surface area (Å²) in [7, 11) is 0. The van der Waals surface area contributed by atoms with Gasteiger partial charge in [-0.05, 0) is 46.0 Å². The maximum atomic E-state index is 7.51. The molecule has 0 saturated carbocycles. The van der Waals surface area contributed by atoms with E-state index in [1.165, 1.54) is 10.3 Å². The van der Waals surface area contributed by atoms with Crippen LogP contribution in [0.5, 0.6) is 0 Å². The Morgan fingerprint density at radius 1 is 0.392 bits per heavy atom. The predicted molar refractivity (Wildman–Crippen MR) is 212 cm³/mol. The molecule has 0 amide bonds. The van der Waals surface area contributed by atoms with Gasteiger partial charge in [-0.1, -0.05) is 152 Å². The van der Waals surface area contributed by atoms with Crippen LogP contribution in [-0.4, -0.2) is 15.0 Å². The molecule has 0 radical (unpaired) electrons. The highest BCUT2D eigenvalue weighted by Crippen LogP contribution is 2.49. The number of hydrogen-bond donors (Lipinski definition) is 0. The molecule has 9 rings (SSSR count). The molecular weight excluding hydrogens is 641 g/mol. The molecule has 51 heavy (non-hydrogen) atoms. The maximum Gasteiger partial charge on any atom is 0.187 e. The second-order valence-corrected chi connectivity index (χ2v) is 13.3. The molecule has 9 aromatic rings. The van der Waals surface area contributed by atoms with Crippen molar-refractivity contribution in [2.45, 2.75) is 0 Å². The van der Waals surface area contributed by atoms with Crippen molar-refractivity contribution in [3.8, 4) is 67.5 Å². The van der Waals surface area contributed by atoms with Crippen LogP contribution in [0.25, 0.3) is 92.6 Å². The average molecular weight is 669 g/mol. The summed E-state index contributed by atoms with van der Waals surface area (Å²) in [5.41, 5.74) is 10.2. The van der Waals surface area contributed by atoms with E-state index in [1.54, 1.807) is 11.3 Å². The Morgan fingerprint density at radius 3 is 1.45 bits per heavy atom. The van der Waals surface area contributed by atoms with Gasteiger partial charge in [0, 0.05) is 42.4 Å². The molecule has 0 spiro atoms. The quantitative estimate of drug-likeness (QED) is 0.166. The Labute approximate surface area is 299 Å². The van der Waals surface area contributed by atoms with Gasteiger partial charge in [-0.3, -0.25) is 0 Å². The predicted octanol–water partition coefficient (Wildman–Crippen LogP) is 12.8. The van der Waals surface area contributed by atoms with Crippen LogP contribution in [0.2, 0.25) is 0 Å². The highest BCUT2D eigenvalue weighted by Gasteiger charge is 2.22. The van der Waals surface area contributed by atoms with Gasteiger partial charge in [0.05, 0.1) is 6.57 Å². The molecule has 2 heterocycles. The van der Waals surface area contributed by atoms with E-state index < -0.39 is 0 Å². The van der Waals surface area contributed by atoms with Crippen molar-refractivity contribution in [1.82, 2.24) is 15.0 Å². The fourth-order valence-corrected chi connectivity index (χ4v) is 8.05. The van der Waals surface area contributed by atoms with E-state index in [1.807, 2.05) is 84.9 Å². The molecule has 0 aliphatic carbocycles. The first-order valence-corrected chi connectivity index (χ1v) is 17.5. The number of fused-ring (bicyclic) bond motifs is 3. The van der Waals surface area contributed by atoms with Crippen molar-refractivity contribution in [3.05, 3.63) is 181 Å². The summed E-state index contributed by atoms with van der Waals surface area (Å²) in [4.78, 5) is 19.0. The first-order valence-electron chi connectivity index (χ1n) is 16.7. The third-order valence-corrected chi connectivity index (χ3v) is 10.4. The third-order valence-electron chi connectivity index (χ3n) is 9.16. The number of aromatic nitrogens is 3. The molecule has 0 saturated heterocycles. The molecule has 0 atom stereocenters. The van der Waals surface area contributed by atoms with E-state index in [4.69, 9.17) is 21.5 Å². The van der Waals surface area contributed by atoms with Gasteiger partial charge in [0.15, 0.2) is 23.2 Å². The molecule has 238 valence electrons. The van der Waals surface area contributed by atoms with Gasteiger partial charge in [0.25, 0.3) is 0 Å². The van der Waals surface area contributed by atoms with Crippen LogP contribution in [0.4, 0.5) is 5.69 Å². The standard InChI is InChI=1S/C46H28N4S/c1-47-36-24-22-32(23-25-36)37-26-27-38(46-49-44(33-18-10-4-11-19-33)48-45(50-46)34-20-12-5-13-21-34)41-40-29-35(30-14-6-2-7-15-30)28-39(42(40)51-43(37)41)31-16-8-3-9-17-31/h2-29H. The monoisotopic (exact) mass is 668 g/mol. The van der Waals surface area contributed by atoms with Crippen LogP contribution < -0.4 is 0 Å². The summed E-state index contributed by atoms with van der Waals surface area (Å²) in [6, 6.07) is 58.2. The van der Waals surface area contributed by atoms with Gasteiger partial charge in [-0.15, -0.1) is 11.3 Å². The molecule has 0 aliphatic rings. The SMILES string of the molecule is [C-]#[N+]c1ccc(-c2ccc(-c3nc(-c4ccccc4)nc(-c4ccccc4)n3)c3c2sc2c(-c4ccccc4)cc(-c4ccccc4)cc23)cc1. The molecule has 2 aromatic heterocycles. The van der Waals surface area contributed by atoms with Crippen molar-refractivity contribution in [1.29, 1.82) is 0 Å². The van der Waals surface area contributed by atoms with Crippen LogP contribution in [0.1, 0.15) is 0 Å². The lowest BCUT2D eigenvalue weighted by Gasteiger charge is -2.12. The molecule has 0 bridgehead atoms. The lowest BCUT2D eigenvalue weighted by molar-refractivity contribution is 1.08. The van der Waals surface area contributed by atoms with Gasteiger partial charge in [-0.2, -0.15) is 0 Å². The number of rotatable bonds is 6. The summed E-state index contributed by atoms with van der Waals surface area (Å²) in [6.45, 7) is 7.51. The van der Waals surface area contributed by atoms with Crippen LogP contribution in [0.3, 0.4) is 0 Å². The third kappa shape index (κ3) is 5.64. The van der Waals surface area contributed by atoms with E-state index in [0.29, 0.717) is 23.2 Å². The second kappa shape index (κ2) is 12.9. The summed E-state index contributed by atoms with van der Waals surface area (Å²) in [5, 5.41) is 2.24. The topological polar surface area (TPSA) is 43.0 Å². The Morgan fingerprint density at radius 2 is 0.882 bits per heavy atom. The fourth-order valence-electron chi connectivity index (χ4n) is 6.67. The molecule has 7 aromatic carbocycles. The summed E-state index contributed by atoms with van der Waals surface area (Å²) in [6.07, 6.45) is 0. The minimum Gasteiger partial charge on any atom is -0.238 e. The molecule has 0 N–H and O–H groups in total. The lowest BCUT2D eigenvalue weighted by Crippen LogP contribution is -2.00. The van der Waals surface area contributed by atoms with Gasteiger partial charge >= 0.3 is 0 Å². The van der Waals surface area contributed by atoms with Crippen LogP contribution in [-0.2, 0) is 0 Å². The van der Waals surface area contributed by atoms with E-state index in [-0.39, 0.29) is 0 Å². The van der Waals surface area contributed by atoms with E-state index in [9.17, 15) is 0 Å². The molecule has 0 unspecified atom stereocenters. The van der Waals surface area contributed by atoms with Crippen molar-refractivity contribution in [2.24, 2.45) is 0 Å². The zero-order valence-corrected chi connectivity index (χ0v) is 28.2. The van der Waals surface area contributed by atoms with Crippen molar-refractivity contribution < 1.29 is 0 Å². The Hall–Kier alpha value is -6.74. The Bertz CT molecular complexity index is 2660. The van der Waals surface area contributed by atoms with Gasteiger partial charge in [-0.25, -0.2) is 19.8 Å². The number of nitrogens with zero attached hydrogens (tertiary/aromatic N) is 4. The highest BCUT2D eigenvalue weighted by molar-refractivity contribution is 7.27. The number of hydrogen-bond acceptors (Lipinski definition) is 4. The number of benzene rings is 7. The number of thiophene rings is 1. The zero-order valence-electron chi connectivity index (χ0n) is 27.4. The molecular formula is C46H28N4S. The van der Waals surface area contributed by atoms with E-state index in [2.05, 4.69) is 89.8 Å². The summed E-state index contributed by atoms with van der Waals surface area (Å²) >= 11 is 1.80. The maximum absolute atomic E-state index is 7.51. The van der Waals surface area contributed by atoms with Gasteiger partial charge in [0.1, 0.15) is 0 Å². The van der Waals surface area contributed by atoms with Gasteiger partial charge < -0.3 is 0 Å². The molecule has 0 fully saturated rings. The Kier molecular flexibility index (Phi) is 7.70. The normalized spacial score (nSPS) is 11.1. The van der Waals surface area contributed by atoms with E-state index >= 15 is 0 Å². The Balaban J connectivity index is 1.40. The molecule has 4 nitrogen and oxygen atoms in total. The molecule has 5 heteroatoms. The van der Waals surface area contributed by atoms with E-state index in [0.717, 1.165) is 60.0 Å². The first kappa shape index (κ1) is 30.3. The average Bonchev–Trinajstić information content (AvgIpc) is 3.61. The zero-order chi connectivity index (χ0) is 34.1. The first-order chi connectivity index (χ1) is 25.2. The fraction of sp³-hybridized carbons (Fsp3) is 0. The summed E-state index contributed by atoms with van der Waals surface area (Å²) < 4.78 is 2.34. The van der Waals surface area contributed by atoms with Crippen LogP contribution in [0, 0.1) is 6.57 Å². The minimum absolute atomic E-state index is 0.619. The summed E-state index contributed by atoms with van der Waals surface area (Å²) in [5.74, 6) is 1.87. The highest BCUT2D eigenvalue weighted by atomic mass is 32.1. The lowest BCUT2D eigenvalue weighted by atomic mass is 9.93. The van der Waals surface area contributed by atoms with Crippen molar-refractivity contribution in [2.75, 3.05) is 0 Å². The second-order valence-electron chi connectivity index (χ2n) is 12.3.